The van der Waals surface area contributed by atoms with Gasteiger partial charge in [0, 0.05) is 31.2 Å². The molecule has 0 aliphatic heterocycles. The van der Waals surface area contributed by atoms with E-state index in [2.05, 4.69) is 24.5 Å². The fourth-order valence-electron chi connectivity index (χ4n) is 1.52. The van der Waals surface area contributed by atoms with Crippen molar-refractivity contribution in [3.8, 4) is 0 Å². The molecule has 90 valence electrons. The molecule has 16 heavy (non-hydrogen) atoms. The van der Waals surface area contributed by atoms with E-state index >= 15 is 0 Å². The molecule has 0 aliphatic rings. The zero-order valence-corrected chi connectivity index (χ0v) is 10.3. The van der Waals surface area contributed by atoms with E-state index in [0.717, 1.165) is 18.7 Å². The van der Waals surface area contributed by atoms with Crippen molar-refractivity contribution in [1.29, 1.82) is 0 Å². The highest BCUT2D eigenvalue weighted by Crippen LogP contribution is 2.11. The van der Waals surface area contributed by atoms with Gasteiger partial charge in [0.25, 0.3) is 0 Å². The Labute approximate surface area is 97.3 Å². The Morgan fingerprint density at radius 2 is 2.00 bits per heavy atom. The number of hydrogen-bond acceptors (Lipinski definition) is 2. The fraction of sp³-hybridized carbons (Fsp3) is 0.538. The molecule has 0 amide bonds. The molecule has 2 nitrogen and oxygen atoms in total. The van der Waals surface area contributed by atoms with Gasteiger partial charge in [-0.1, -0.05) is 32.0 Å². The minimum atomic E-state index is -0.0909. The van der Waals surface area contributed by atoms with Crippen molar-refractivity contribution in [2.45, 2.75) is 33.4 Å². The largest absolute Gasteiger partial charge is 0.313 e. The van der Waals surface area contributed by atoms with Gasteiger partial charge in [-0.2, -0.15) is 0 Å². The molecule has 1 aromatic carbocycles. The van der Waals surface area contributed by atoms with E-state index in [1.807, 2.05) is 12.1 Å². The highest BCUT2D eigenvalue weighted by molar-refractivity contribution is 5.24. The van der Waals surface area contributed by atoms with Crippen LogP contribution in [0, 0.1) is 12.7 Å². The molecule has 0 bridgehead atoms. The fourth-order valence-corrected chi connectivity index (χ4v) is 1.52. The summed E-state index contributed by atoms with van der Waals surface area (Å²) in [6.45, 7) is 8.36. The minimum absolute atomic E-state index is 0.0909. The first-order chi connectivity index (χ1) is 7.61. The number of aryl methyl sites for hydroxylation is 1. The Kier molecular flexibility index (Phi) is 5.43. The average Bonchev–Trinajstić information content (AvgIpc) is 2.23. The van der Waals surface area contributed by atoms with Gasteiger partial charge in [0.2, 0.25) is 0 Å². The highest BCUT2D eigenvalue weighted by Gasteiger charge is 2.03. The van der Waals surface area contributed by atoms with Crippen LogP contribution in [0.15, 0.2) is 18.2 Å². The van der Waals surface area contributed by atoms with Crippen LogP contribution in [0.25, 0.3) is 0 Å². The molecule has 1 aromatic rings. The first-order valence-electron chi connectivity index (χ1n) is 5.79. The third-order valence-electron chi connectivity index (χ3n) is 2.44. The second-order valence-electron chi connectivity index (χ2n) is 4.33. The number of hydrogen-bond donors (Lipinski definition) is 2. The second-order valence-corrected chi connectivity index (χ2v) is 4.33. The van der Waals surface area contributed by atoms with E-state index in [1.165, 1.54) is 0 Å². The predicted molar refractivity (Wildman–Crippen MR) is 66.0 cm³/mol. The van der Waals surface area contributed by atoms with E-state index in [4.69, 9.17) is 0 Å². The summed E-state index contributed by atoms with van der Waals surface area (Å²) in [5, 5.41) is 6.52. The molecular weight excluding hydrogens is 203 g/mol. The Bertz CT molecular complexity index is 324. The predicted octanol–water partition coefficient (Wildman–Crippen LogP) is 2.22. The maximum absolute atomic E-state index is 13.6. The highest BCUT2D eigenvalue weighted by atomic mass is 19.1. The van der Waals surface area contributed by atoms with Crippen LogP contribution in [0.2, 0.25) is 0 Å². The lowest BCUT2D eigenvalue weighted by molar-refractivity contribution is 0.542. The quantitative estimate of drug-likeness (QED) is 0.724. The van der Waals surface area contributed by atoms with Crippen LogP contribution in [0.3, 0.4) is 0 Å². The van der Waals surface area contributed by atoms with E-state index in [9.17, 15) is 4.39 Å². The molecule has 0 radical (unpaired) electrons. The zero-order valence-electron chi connectivity index (χ0n) is 10.3. The van der Waals surface area contributed by atoms with Gasteiger partial charge in [0.1, 0.15) is 5.82 Å². The topological polar surface area (TPSA) is 24.1 Å². The zero-order chi connectivity index (χ0) is 12.0. The summed E-state index contributed by atoms with van der Waals surface area (Å²) in [5.74, 6) is -0.0909. The Balaban J connectivity index is 2.29. The molecule has 0 aromatic heterocycles. The van der Waals surface area contributed by atoms with Gasteiger partial charge in [-0.25, -0.2) is 4.39 Å². The molecule has 0 saturated heterocycles. The van der Waals surface area contributed by atoms with Crippen molar-refractivity contribution in [1.82, 2.24) is 10.6 Å². The molecule has 1 rings (SSSR count). The summed E-state index contributed by atoms with van der Waals surface area (Å²) in [5.41, 5.74) is 1.45. The van der Waals surface area contributed by atoms with Crippen molar-refractivity contribution in [2.24, 2.45) is 0 Å². The van der Waals surface area contributed by atoms with Crippen molar-refractivity contribution < 1.29 is 4.39 Å². The summed E-state index contributed by atoms with van der Waals surface area (Å²) in [6.07, 6.45) is 0. The van der Waals surface area contributed by atoms with Crippen molar-refractivity contribution in [3.63, 3.8) is 0 Å². The van der Waals surface area contributed by atoms with Gasteiger partial charge in [-0.05, 0) is 12.5 Å². The smallest absolute Gasteiger partial charge is 0.130 e. The van der Waals surface area contributed by atoms with E-state index < -0.39 is 0 Å². The van der Waals surface area contributed by atoms with Crippen molar-refractivity contribution in [3.05, 3.63) is 35.1 Å². The minimum Gasteiger partial charge on any atom is -0.313 e. The lowest BCUT2D eigenvalue weighted by Gasteiger charge is -2.10. The summed E-state index contributed by atoms with van der Waals surface area (Å²) in [4.78, 5) is 0. The molecule has 3 heteroatoms. The maximum Gasteiger partial charge on any atom is 0.130 e. The van der Waals surface area contributed by atoms with Crippen LogP contribution in [-0.2, 0) is 6.54 Å². The molecule has 0 fully saturated rings. The van der Waals surface area contributed by atoms with Crippen LogP contribution < -0.4 is 10.6 Å². The molecule has 0 aliphatic carbocycles. The average molecular weight is 224 g/mol. The van der Waals surface area contributed by atoms with Crippen LogP contribution in [-0.4, -0.2) is 19.1 Å². The SMILES string of the molecule is Cc1cccc(CNCCNC(C)C)c1F. The van der Waals surface area contributed by atoms with Crippen LogP contribution in [0.5, 0.6) is 0 Å². The number of rotatable bonds is 6. The van der Waals surface area contributed by atoms with Gasteiger partial charge in [-0.3, -0.25) is 0 Å². The molecule has 0 heterocycles. The van der Waals surface area contributed by atoms with Crippen LogP contribution >= 0.6 is 0 Å². The second kappa shape index (κ2) is 6.61. The van der Waals surface area contributed by atoms with Gasteiger partial charge in [-0.15, -0.1) is 0 Å². The van der Waals surface area contributed by atoms with E-state index in [0.29, 0.717) is 18.2 Å². The summed E-state index contributed by atoms with van der Waals surface area (Å²) in [7, 11) is 0. The van der Waals surface area contributed by atoms with Gasteiger partial charge in [0.05, 0.1) is 0 Å². The van der Waals surface area contributed by atoms with Gasteiger partial charge in [0.15, 0.2) is 0 Å². The van der Waals surface area contributed by atoms with Crippen LogP contribution in [0.4, 0.5) is 4.39 Å². The molecule has 0 spiro atoms. The van der Waals surface area contributed by atoms with Crippen molar-refractivity contribution >= 4 is 0 Å². The standard InChI is InChI=1S/C13H21FN2/c1-10(2)16-8-7-15-9-12-6-4-5-11(3)13(12)14/h4-6,10,15-16H,7-9H2,1-3H3. The lowest BCUT2D eigenvalue weighted by atomic mass is 10.1. The molecule has 0 unspecified atom stereocenters. The number of benzene rings is 1. The third-order valence-corrected chi connectivity index (χ3v) is 2.44. The first kappa shape index (κ1) is 13.1. The normalized spacial score (nSPS) is 11.1. The Morgan fingerprint density at radius 1 is 1.25 bits per heavy atom. The summed E-state index contributed by atoms with van der Waals surface area (Å²) >= 11 is 0. The molecule has 0 atom stereocenters. The van der Waals surface area contributed by atoms with E-state index in [-0.39, 0.29) is 5.82 Å². The third kappa shape index (κ3) is 4.29. The van der Waals surface area contributed by atoms with Crippen molar-refractivity contribution in [2.75, 3.05) is 13.1 Å². The molecular formula is C13H21FN2. The monoisotopic (exact) mass is 224 g/mol. The van der Waals surface area contributed by atoms with E-state index in [1.54, 1.807) is 13.0 Å². The van der Waals surface area contributed by atoms with Crippen LogP contribution in [0.1, 0.15) is 25.0 Å². The number of halogens is 1. The summed E-state index contributed by atoms with van der Waals surface area (Å²) in [6, 6.07) is 6.00. The summed E-state index contributed by atoms with van der Waals surface area (Å²) < 4.78 is 13.6. The van der Waals surface area contributed by atoms with Gasteiger partial charge < -0.3 is 10.6 Å². The Morgan fingerprint density at radius 3 is 2.69 bits per heavy atom. The number of nitrogens with one attached hydrogen (secondary N) is 2. The Hall–Kier alpha value is -0.930. The molecule has 0 saturated carbocycles. The van der Waals surface area contributed by atoms with Gasteiger partial charge >= 0.3 is 0 Å². The first-order valence-corrected chi connectivity index (χ1v) is 5.79. The maximum atomic E-state index is 13.6. The molecule has 2 N–H and O–H groups in total. The lowest BCUT2D eigenvalue weighted by Crippen LogP contribution is -2.31.